The van der Waals surface area contributed by atoms with E-state index in [-0.39, 0.29) is 12.1 Å². The third kappa shape index (κ3) is 3.69. The maximum atomic E-state index is 9.39. The van der Waals surface area contributed by atoms with Crippen LogP contribution >= 0.6 is 0 Å². The van der Waals surface area contributed by atoms with Crippen LogP contribution in [0.3, 0.4) is 0 Å². The van der Waals surface area contributed by atoms with E-state index in [1.165, 1.54) is 16.7 Å². The van der Waals surface area contributed by atoms with Crippen LogP contribution in [0.4, 0.5) is 0 Å². The molecule has 106 valence electrons. The van der Waals surface area contributed by atoms with E-state index in [1.54, 1.807) is 0 Å². The topological polar surface area (TPSA) is 32.3 Å². The molecule has 0 saturated heterocycles. The van der Waals surface area contributed by atoms with Gasteiger partial charge in [-0.05, 0) is 30.0 Å². The van der Waals surface area contributed by atoms with Crippen LogP contribution in [0.5, 0.6) is 0 Å². The van der Waals surface area contributed by atoms with Gasteiger partial charge in [0.1, 0.15) is 0 Å². The molecule has 0 radical (unpaired) electrons. The summed E-state index contributed by atoms with van der Waals surface area (Å²) in [7, 11) is 0. The van der Waals surface area contributed by atoms with E-state index in [4.69, 9.17) is 0 Å². The first-order valence-electron chi connectivity index (χ1n) is 7.17. The largest absolute Gasteiger partial charge is 0.394 e. The summed E-state index contributed by atoms with van der Waals surface area (Å²) in [6, 6.07) is 19.0. The number of hydrogen-bond acceptors (Lipinski definition) is 2. The van der Waals surface area contributed by atoms with E-state index in [0.717, 1.165) is 13.0 Å². The van der Waals surface area contributed by atoms with Crippen LogP contribution in [-0.2, 0) is 6.54 Å². The van der Waals surface area contributed by atoms with Gasteiger partial charge in [0.25, 0.3) is 0 Å². The van der Waals surface area contributed by atoms with E-state index in [9.17, 15) is 5.11 Å². The summed E-state index contributed by atoms with van der Waals surface area (Å²) in [4.78, 5) is 0. The molecule has 0 aliphatic heterocycles. The molecule has 0 aliphatic carbocycles. The highest BCUT2D eigenvalue weighted by atomic mass is 16.3. The summed E-state index contributed by atoms with van der Waals surface area (Å²) in [6.45, 7) is 5.07. The maximum Gasteiger partial charge on any atom is 0.0610 e. The Kier molecular flexibility index (Phi) is 4.94. The van der Waals surface area contributed by atoms with Crippen molar-refractivity contribution in [3.63, 3.8) is 0 Å². The van der Waals surface area contributed by atoms with Gasteiger partial charge < -0.3 is 10.4 Å². The first-order valence-corrected chi connectivity index (χ1v) is 7.17. The van der Waals surface area contributed by atoms with E-state index < -0.39 is 0 Å². The van der Waals surface area contributed by atoms with Gasteiger partial charge in [-0.3, -0.25) is 0 Å². The minimum Gasteiger partial charge on any atom is -0.394 e. The lowest BCUT2D eigenvalue weighted by atomic mass is 9.99. The molecule has 0 saturated carbocycles. The Hall–Kier alpha value is -1.64. The van der Waals surface area contributed by atoms with Crippen molar-refractivity contribution in [2.75, 3.05) is 6.61 Å². The van der Waals surface area contributed by atoms with Gasteiger partial charge in [0, 0.05) is 12.1 Å². The molecule has 0 amide bonds. The molecule has 2 aromatic rings. The Morgan fingerprint density at radius 1 is 0.950 bits per heavy atom. The fraction of sp³-hybridized carbons (Fsp3) is 0.333. The zero-order chi connectivity index (χ0) is 14.4. The second kappa shape index (κ2) is 6.69. The average molecular weight is 269 g/mol. The Morgan fingerprint density at radius 3 is 2.10 bits per heavy atom. The normalized spacial score (nSPS) is 13.9. The Balaban J connectivity index is 2.02. The number of aliphatic hydroxyl groups excluding tert-OH is 1. The molecule has 20 heavy (non-hydrogen) atoms. The van der Waals surface area contributed by atoms with Crippen LogP contribution in [0.25, 0.3) is 11.1 Å². The molecule has 0 aromatic heterocycles. The van der Waals surface area contributed by atoms with Gasteiger partial charge in [0.05, 0.1) is 6.61 Å². The molecule has 1 unspecified atom stereocenters. The lowest BCUT2D eigenvalue weighted by molar-refractivity contribution is 0.169. The van der Waals surface area contributed by atoms with Crippen LogP contribution in [0.2, 0.25) is 0 Å². The van der Waals surface area contributed by atoms with Crippen molar-refractivity contribution >= 4 is 0 Å². The highest BCUT2D eigenvalue weighted by molar-refractivity contribution is 5.63. The zero-order valence-corrected chi connectivity index (χ0v) is 12.3. The predicted molar refractivity (Wildman–Crippen MR) is 84.5 cm³/mol. The molecule has 2 rings (SSSR count). The van der Waals surface area contributed by atoms with Gasteiger partial charge in [-0.15, -0.1) is 0 Å². The van der Waals surface area contributed by atoms with Crippen molar-refractivity contribution < 1.29 is 5.11 Å². The average Bonchev–Trinajstić information content (AvgIpc) is 2.54. The fourth-order valence-corrected chi connectivity index (χ4v) is 2.05. The molecule has 2 nitrogen and oxygen atoms in total. The summed E-state index contributed by atoms with van der Waals surface area (Å²) in [5.41, 5.74) is 3.51. The van der Waals surface area contributed by atoms with Gasteiger partial charge in [0.2, 0.25) is 0 Å². The molecular formula is C18H23NO. The van der Waals surface area contributed by atoms with E-state index in [0.29, 0.717) is 0 Å². The monoisotopic (exact) mass is 269 g/mol. The summed E-state index contributed by atoms with van der Waals surface area (Å²) in [5, 5.41) is 12.8. The number of aliphatic hydroxyl groups is 1. The SMILES string of the molecule is CCC(C)(CO)NCc1ccc(-c2ccccc2)cc1. The molecule has 2 N–H and O–H groups in total. The first kappa shape index (κ1) is 14.8. The van der Waals surface area contributed by atoms with Gasteiger partial charge >= 0.3 is 0 Å². The highest BCUT2D eigenvalue weighted by Crippen LogP contribution is 2.19. The van der Waals surface area contributed by atoms with Crippen LogP contribution in [-0.4, -0.2) is 17.3 Å². The molecule has 2 heteroatoms. The lowest BCUT2D eigenvalue weighted by Gasteiger charge is -2.27. The van der Waals surface area contributed by atoms with Gasteiger partial charge in [0.15, 0.2) is 0 Å². The lowest BCUT2D eigenvalue weighted by Crippen LogP contribution is -2.44. The van der Waals surface area contributed by atoms with Crippen molar-refractivity contribution in [1.82, 2.24) is 5.32 Å². The van der Waals surface area contributed by atoms with Crippen molar-refractivity contribution in [2.24, 2.45) is 0 Å². The molecule has 0 aliphatic rings. The van der Waals surface area contributed by atoms with Crippen molar-refractivity contribution in [3.8, 4) is 11.1 Å². The predicted octanol–water partition coefficient (Wildman–Crippen LogP) is 3.60. The fourth-order valence-electron chi connectivity index (χ4n) is 2.05. The molecule has 0 fully saturated rings. The molecule has 0 spiro atoms. The minimum absolute atomic E-state index is 0.158. The van der Waals surface area contributed by atoms with Crippen LogP contribution in [0.1, 0.15) is 25.8 Å². The number of benzene rings is 2. The molecule has 1 atom stereocenters. The van der Waals surface area contributed by atoms with Crippen molar-refractivity contribution in [1.29, 1.82) is 0 Å². The van der Waals surface area contributed by atoms with Gasteiger partial charge in [-0.1, -0.05) is 61.5 Å². The summed E-state index contributed by atoms with van der Waals surface area (Å²) in [5.74, 6) is 0. The van der Waals surface area contributed by atoms with Crippen LogP contribution < -0.4 is 5.32 Å². The second-order valence-electron chi connectivity index (χ2n) is 5.49. The van der Waals surface area contributed by atoms with Crippen LogP contribution in [0, 0.1) is 0 Å². The number of hydrogen-bond donors (Lipinski definition) is 2. The van der Waals surface area contributed by atoms with Gasteiger partial charge in [-0.2, -0.15) is 0 Å². The number of nitrogens with one attached hydrogen (secondary N) is 1. The van der Waals surface area contributed by atoms with E-state index in [1.807, 2.05) is 13.0 Å². The summed E-state index contributed by atoms with van der Waals surface area (Å²) >= 11 is 0. The Morgan fingerprint density at radius 2 is 1.55 bits per heavy atom. The summed E-state index contributed by atoms with van der Waals surface area (Å²) < 4.78 is 0. The van der Waals surface area contributed by atoms with E-state index in [2.05, 4.69) is 60.8 Å². The Bertz CT molecular complexity index is 515. The van der Waals surface area contributed by atoms with Gasteiger partial charge in [-0.25, -0.2) is 0 Å². The molecular weight excluding hydrogens is 246 g/mol. The third-order valence-electron chi connectivity index (χ3n) is 3.91. The molecule has 0 heterocycles. The molecule has 2 aromatic carbocycles. The smallest absolute Gasteiger partial charge is 0.0610 e. The first-order chi connectivity index (χ1) is 9.67. The standard InChI is InChI=1S/C18H23NO/c1-3-18(2,14-20)19-13-15-9-11-17(12-10-15)16-7-5-4-6-8-16/h4-12,19-20H,3,13-14H2,1-2H3. The Labute approximate surface area is 121 Å². The van der Waals surface area contributed by atoms with Crippen molar-refractivity contribution in [2.45, 2.75) is 32.4 Å². The van der Waals surface area contributed by atoms with E-state index >= 15 is 0 Å². The summed E-state index contributed by atoms with van der Waals surface area (Å²) in [6.07, 6.45) is 0.908. The van der Waals surface area contributed by atoms with Crippen molar-refractivity contribution in [3.05, 3.63) is 60.2 Å². The maximum absolute atomic E-state index is 9.39. The zero-order valence-electron chi connectivity index (χ0n) is 12.3. The minimum atomic E-state index is -0.196. The second-order valence-corrected chi connectivity index (χ2v) is 5.49. The number of rotatable bonds is 6. The quantitative estimate of drug-likeness (QED) is 0.839. The highest BCUT2D eigenvalue weighted by Gasteiger charge is 2.19. The van der Waals surface area contributed by atoms with Crippen LogP contribution in [0.15, 0.2) is 54.6 Å². The third-order valence-corrected chi connectivity index (χ3v) is 3.91. The molecule has 0 bridgehead atoms.